The van der Waals surface area contributed by atoms with Crippen LogP contribution in [-0.4, -0.2) is 9.55 Å². The summed E-state index contributed by atoms with van der Waals surface area (Å²) in [6.07, 6.45) is 3.25. The standard InChI is InChI=1S/C18H15FN2S/c1-2-8-21-9-7-12-10-13(3-6-16(12)21)18-20-15-5-4-14(19)11-17(15)22-18/h3-7,9-11H,2,8H2,1H3. The maximum Gasteiger partial charge on any atom is 0.124 e. The van der Waals surface area contributed by atoms with E-state index in [9.17, 15) is 4.39 Å². The highest BCUT2D eigenvalue weighted by atomic mass is 32.1. The number of nitrogens with zero attached hydrogens (tertiary/aromatic N) is 2. The molecule has 0 amide bonds. The summed E-state index contributed by atoms with van der Waals surface area (Å²) in [6, 6.07) is 13.3. The first-order chi connectivity index (χ1) is 10.7. The van der Waals surface area contributed by atoms with E-state index in [-0.39, 0.29) is 5.82 Å². The lowest BCUT2D eigenvalue weighted by Gasteiger charge is -2.03. The van der Waals surface area contributed by atoms with E-state index < -0.39 is 0 Å². The first kappa shape index (κ1) is 13.5. The van der Waals surface area contributed by atoms with Gasteiger partial charge in [-0.15, -0.1) is 11.3 Å². The van der Waals surface area contributed by atoms with Crippen LogP contribution in [0.15, 0.2) is 48.7 Å². The van der Waals surface area contributed by atoms with E-state index in [4.69, 9.17) is 0 Å². The molecule has 2 aromatic carbocycles. The molecule has 2 aromatic heterocycles. The molecule has 0 saturated carbocycles. The molecule has 4 rings (SSSR count). The lowest BCUT2D eigenvalue weighted by Crippen LogP contribution is -1.93. The molecule has 0 N–H and O–H groups in total. The molecule has 4 aromatic rings. The first-order valence-electron chi connectivity index (χ1n) is 7.40. The van der Waals surface area contributed by atoms with Crippen molar-refractivity contribution in [3.63, 3.8) is 0 Å². The van der Waals surface area contributed by atoms with Gasteiger partial charge >= 0.3 is 0 Å². The largest absolute Gasteiger partial charge is 0.347 e. The summed E-state index contributed by atoms with van der Waals surface area (Å²) >= 11 is 1.53. The lowest BCUT2D eigenvalue weighted by atomic mass is 10.1. The Morgan fingerprint density at radius 3 is 2.91 bits per heavy atom. The Kier molecular flexibility index (Phi) is 3.19. The van der Waals surface area contributed by atoms with Crippen LogP contribution in [0.4, 0.5) is 4.39 Å². The van der Waals surface area contributed by atoms with E-state index in [0.29, 0.717) is 0 Å². The van der Waals surface area contributed by atoms with Crippen molar-refractivity contribution >= 4 is 32.5 Å². The summed E-state index contributed by atoms with van der Waals surface area (Å²) in [4.78, 5) is 4.62. The van der Waals surface area contributed by atoms with Crippen LogP contribution in [0.3, 0.4) is 0 Å². The average molecular weight is 310 g/mol. The minimum atomic E-state index is -0.213. The maximum absolute atomic E-state index is 13.3. The van der Waals surface area contributed by atoms with Crippen molar-refractivity contribution in [2.24, 2.45) is 0 Å². The van der Waals surface area contributed by atoms with Crippen LogP contribution in [0.5, 0.6) is 0 Å². The predicted molar refractivity (Wildman–Crippen MR) is 90.8 cm³/mol. The predicted octanol–water partition coefficient (Wildman–Crippen LogP) is 5.47. The molecular formula is C18H15FN2S. The van der Waals surface area contributed by atoms with E-state index in [2.05, 4.69) is 46.9 Å². The monoisotopic (exact) mass is 310 g/mol. The number of hydrogen-bond acceptors (Lipinski definition) is 2. The zero-order valence-corrected chi connectivity index (χ0v) is 13.0. The molecule has 0 aliphatic heterocycles. The topological polar surface area (TPSA) is 17.8 Å². The van der Waals surface area contributed by atoms with E-state index in [0.717, 1.165) is 33.8 Å². The Hall–Kier alpha value is -2.20. The lowest BCUT2D eigenvalue weighted by molar-refractivity contribution is 0.630. The average Bonchev–Trinajstić information content (AvgIpc) is 3.11. The second kappa shape index (κ2) is 5.21. The fraction of sp³-hybridized carbons (Fsp3) is 0.167. The van der Waals surface area contributed by atoms with Crippen molar-refractivity contribution in [3.05, 3.63) is 54.5 Å². The fourth-order valence-corrected chi connectivity index (χ4v) is 3.78. The zero-order chi connectivity index (χ0) is 15.1. The molecule has 0 bridgehead atoms. The second-order valence-corrected chi connectivity index (χ2v) is 6.44. The van der Waals surface area contributed by atoms with Crippen molar-refractivity contribution in [2.45, 2.75) is 19.9 Å². The van der Waals surface area contributed by atoms with E-state index in [1.165, 1.54) is 28.3 Å². The van der Waals surface area contributed by atoms with Crippen molar-refractivity contribution in [3.8, 4) is 10.6 Å². The first-order valence-corrected chi connectivity index (χ1v) is 8.21. The highest BCUT2D eigenvalue weighted by Crippen LogP contribution is 2.32. The fourth-order valence-electron chi connectivity index (χ4n) is 2.79. The summed E-state index contributed by atoms with van der Waals surface area (Å²) in [6.45, 7) is 3.21. The van der Waals surface area contributed by atoms with Gasteiger partial charge in [0.2, 0.25) is 0 Å². The molecule has 0 aliphatic rings. The summed E-state index contributed by atoms with van der Waals surface area (Å²) < 4.78 is 16.5. The third-order valence-electron chi connectivity index (χ3n) is 3.83. The van der Waals surface area contributed by atoms with Crippen LogP contribution in [0.2, 0.25) is 0 Å². The van der Waals surface area contributed by atoms with Crippen molar-refractivity contribution in [1.82, 2.24) is 9.55 Å². The van der Waals surface area contributed by atoms with Gasteiger partial charge in [0, 0.05) is 29.2 Å². The summed E-state index contributed by atoms with van der Waals surface area (Å²) in [5, 5.41) is 2.15. The van der Waals surface area contributed by atoms with Crippen LogP contribution in [0.1, 0.15) is 13.3 Å². The van der Waals surface area contributed by atoms with Gasteiger partial charge in [0.15, 0.2) is 0 Å². The number of aryl methyl sites for hydroxylation is 1. The maximum atomic E-state index is 13.3. The molecule has 0 aliphatic carbocycles. The van der Waals surface area contributed by atoms with Crippen molar-refractivity contribution in [1.29, 1.82) is 0 Å². The Balaban J connectivity index is 1.81. The van der Waals surface area contributed by atoms with Crippen molar-refractivity contribution < 1.29 is 4.39 Å². The molecule has 2 heterocycles. The third-order valence-corrected chi connectivity index (χ3v) is 4.90. The summed E-state index contributed by atoms with van der Waals surface area (Å²) in [5.41, 5.74) is 3.19. The molecule has 2 nitrogen and oxygen atoms in total. The van der Waals surface area contributed by atoms with Crippen LogP contribution in [-0.2, 0) is 6.54 Å². The number of rotatable bonds is 3. The normalized spacial score (nSPS) is 11.5. The van der Waals surface area contributed by atoms with Crippen LogP contribution >= 0.6 is 11.3 Å². The van der Waals surface area contributed by atoms with Crippen LogP contribution in [0, 0.1) is 5.82 Å². The Morgan fingerprint density at radius 2 is 2.05 bits per heavy atom. The summed E-state index contributed by atoms with van der Waals surface area (Å²) in [7, 11) is 0. The number of aromatic nitrogens is 2. The van der Waals surface area contributed by atoms with E-state index >= 15 is 0 Å². The van der Waals surface area contributed by atoms with Gasteiger partial charge in [0.25, 0.3) is 0 Å². The van der Waals surface area contributed by atoms with Gasteiger partial charge in [0.1, 0.15) is 10.8 Å². The van der Waals surface area contributed by atoms with Gasteiger partial charge in [-0.05, 0) is 48.9 Å². The van der Waals surface area contributed by atoms with Gasteiger partial charge in [0.05, 0.1) is 10.2 Å². The van der Waals surface area contributed by atoms with E-state index in [1.54, 1.807) is 12.1 Å². The zero-order valence-electron chi connectivity index (χ0n) is 12.2. The molecule has 0 fully saturated rings. The quantitative estimate of drug-likeness (QED) is 0.491. The Labute approximate surface area is 131 Å². The Bertz CT molecular complexity index is 968. The molecule has 0 unspecified atom stereocenters. The van der Waals surface area contributed by atoms with Crippen molar-refractivity contribution in [2.75, 3.05) is 0 Å². The van der Waals surface area contributed by atoms with E-state index in [1.807, 2.05) is 0 Å². The highest BCUT2D eigenvalue weighted by molar-refractivity contribution is 7.21. The number of thiazole rings is 1. The van der Waals surface area contributed by atoms with Crippen LogP contribution < -0.4 is 0 Å². The minimum absolute atomic E-state index is 0.213. The number of halogens is 1. The number of benzene rings is 2. The van der Waals surface area contributed by atoms with Gasteiger partial charge in [-0.2, -0.15) is 0 Å². The van der Waals surface area contributed by atoms with Gasteiger partial charge < -0.3 is 4.57 Å². The van der Waals surface area contributed by atoms with Gasteiger partial charge in [-0.1, -0.05) is 6.92 Å². The molecule has 4 heteroatoms. The third kappa shape index (κ3) is 2.20. The smallest absolute Gasteiger partial charge is 0.124 e. The second-order valence-electron chi connectivity index (χ2n) is 5.41. The molecule has 0 spiro atoms. The Morgan fingerprint density at radius 1 is 1.14 bits per heavy atom. The number of hydrogen-bond donors (Lipinski definition) is 0. The van der Waals surface area contributed by atoms with Gasteiger partial charge in [-0.3, -0.25) is 0 Å². The van der Waals surface area contributed by atoms with Gasteiger partial charge in [-0.25, -0.2) is 9.37 Å². The molecule has 0 saturated heterocycles. The molecule has 22 heavy (non-hydrogen) atoms. The minimum Gasteiger partial charge on any atom is -0.347 e. The highest BCUT2D eigenvalue weighted by Gasteiger charge is 2.09. The molecule has 0 atom stereocenters. The summed E-state index contributed by atoms with van der Waals surface area (Å²) in [5.74, 6) is -0.213. The van der Waals surface area contributed by atoms with Crippen LogP contribution in [0.25, 0.3) is 31.7 Å². The SMILES string of the molecule is CCCn1ccc2cc(-c3nc4ccc(F)cc4s3)ccc21. The molecular weight excluding hydrogens is 295 g/mol. The molecule has 110 valence electrons. The molecule has 0 radical (unpaired) electrons. The number of fused-ring (bicyclic) bond motifs is 2.